The van der Waals surface area contributed by atoms with E-state index in [0.717, 1.165) is 12.8 Å². The molecule has 0 atom stereocenters. The van der Waals surface area contributed by atoms with Crippen molar-refractivity contribution in [1.29, 1.82) is 0 Å². The van der Waals surface area contributed by atoms with Gasteiger partial charge in [-0.15, -0.1) is 0 Å². The van der Waals surface area contributed by atoms with Gasteiger partial charge in [-0.05, 0) is 25.0 Å². The summed E-state index contributed by atoms with van der Waals surface area (Å²) in [4.78, 5) is 23.1. The average molecular weight is 282 g/mol. The summed E-state index contributed by atoms with van der Waals surface area (Å²) in [5.74, 6) is -0.305. The van der Waals surface area contributed by atoms with E-state index in [1.54, 1.807) is 12.1 Å². The Bertz CT molecular complexity index is 554. The van der Waals surface area contributed by atoms with Gasteiger partial charge >= 0.3 is 5.97 Å². The first-order chi connectivity index (χ1) is 9.15. The second-order valence-corrected chi connectivity index (χ2v) is 5.01. The number of fused-ring (bicyclic) bond motifs is 1. The van der Waals surface area contributed by atoms with Crippen LogP contribution in [0.4, 0.5) is 0 Å². The number of amides is 1. The van der Waals surface area contributed by atoms with Crippen molar-refractivity contribution < 1.29 is 19.1 Å². The van der Waals surface area contributed by atoms with Crippen molar-refractivity contribution in [2.45, 2.75) is 25.5 Å². The van der Waals surface area contributed by atoms with Gasteiger partial charge in [0.05, 0.1) is 0 Å². The third kappa shape index (κ3) is 2.51. The van der Waals surface area contributed by atoms with Gasteiger partial charge < -0.3 is 14.8 Å². The Balaban J connectivity index is 1.72. The lowest BCUT2D eigenvalue weighted by atomic mass is 10.1. The predicted molar refractivity (Wildman–Crippen MR) is 67.2 cm³/mol. The Morgan fingerprint density at radius 3 is 3.00 bits per heavy atom. The number of hydrogen-bond acceptors (Lipinski definition) is 4. The highest BCUT2D eigenvalue weighted by molar-refractivity contribution is 6.32. The van der Waals surface area contributed by atoms with Crippen molar-refractivity contribution in [3.05, 3.63) is 28.3 Å². The van der Waals surface area contributed by atoms with E-state index in [4.69, 9.17) is 21.1 Å². The molecule has 1 fully saturated rings. The van der Waals surface area contributed by atoms with Crippen LogP contribution in [0.25, 0.3) is 0 Å². The number of ether oxygens (including phenoxy) is 2. The van der Waals surface area contributed by atoms with Crippen molar-refractivity contribution in [2.24, 2.45) is 0 Å². The molecule has 100 valence electrons. The number of carbonyl (C=O) groups is 2. The SMILES string of the molecule is O=C(COc1ccc(Cl)c2c1C(=O)OC2)NC1CC1. The summed E-state index contributed by atoms with van der Waals surface area (Å²) in [6.07, 6.45) is 2.04. The fourth-order valence-electron chi connectivity index (χ4n) is 1.94. The van der Waals surface area contributed by atoms with Gasteiger partial charge in [0.25, 0.3) is 5.91 Å². The van der Waals surface area contributed by atoms with Gasteiger partial charge in [0.2, 0.25) is 0 Å². The van der Waals surface area contributed by atoms with Gasteiger partial charge in [-0.2, -0.15) is 0 Å². The first-order valence-electron chi connectivity index (χ1n) is 6.06. The average Bonchev–Trinajstić information content (AvgIpc) is 3.10. The quantitative estimate of drug-likeness (QED) is 0.853. The van der Waals surface area contributed by atoms with E-state index in [1.807, 2.05) is 0 Å². The van der Waals surface area contributed by atoms with E-state index in [-0.39, 0.29) is 25.2 Å². The lowest BCUT2D eigenvalue weighted by molar-refractivity contribution is -0.123. The molecule has 1 aliphatic heterocycles. The highest BCUT2D eigenvalue weighted by Crippen LogP contribution is 2.34. The van der Waals surface area contributed by atoms with Crippen molar-refractivity contribution in [3.8, 4) is 5.75 Å². The Kier molecular flexibility index (Phi) is 3.06. The van der Waals surface area contributed by atoms with Gasteiger partial charge in [0.15, 0.2) is 6.61 Å². The molecule has 2 aliphatic rings. The van der Waals surface area contributed by atoms with Crippen LogP contribution in [-0.4, -0.2) is 24.5 Å². The van der Waals surface area contributed by atoms with E-state index in [1.165, 1.54) is 0 Å². The first-order valence-corrected chi connectivity index (χ1v) is 6.43. The molecule has 1 N–H and O–H groups in total. The lowest BCUT2D eigenvalue weighted by Crippen LogP contribution is -2.30. The van der Waals surface area contributed by atoms with Crippen LogP contribution in [0.3, 0.4) is 0 Å². The number of carbonyl (C=O) groups excluding carboxylic acids is 2. The summed E-state index contributed by atoms with van der Waals surface area (Å²) in [5.41, 5.74) is 0.943. The van der Waals surface area contributed by atoms with Gasteiger partial charge in [-0.1, -0.05) is 11.6 Å². The maximum Gasteiger partial charge on any atom is 0.342 e. The Morgan fingerprint density at radius 1 is 1.47 bits per heavy atom. The van der Waals surface area contributed by atoms with E-state index < -0.39 is 5.97 Å². The molecule has 1 aromatic carbocycles. The molecule has 3 rings (SSSR count). The van der Waals surface area contributed by atoms with Crippen molar-refractivity contribution in [2.75, 3.05) is 6.61 Å². The highest BCUT2D eigenvalue weighted by Gasteiger charge is 2.29. The molecule has 0 saturated heterocycles. The molecule has 1 saturated carbocycles. The third-order valence-corrected chi connectivity index (χ3v) is 3.42. The Labute approximate surface area is 114 Å². The normalized spacial score (nSPS) is 16.8. The minimum atomic E-state index is -0.463. The van der Waals surface area contributed by atoms with Crippen LogP contribution < -0.4 is 10.1 Å². The maximum atomic E-state index is 11.6. The zero-order valence-electron chi connectivity index (χ0n) is 10.1. The molecule has 1 aromatic rings. The summed E-state index contributed by atoms with van der Waals surface area (Å²) in [6.45, 7) is 0.0380. The first kappa shape index (κ1) is 12.3. The zero-order chi connectivity index (χ0) is 13.4. The van der Waals surface area contributed by atoms with Crippen LogP contribution in [0.15, 0.2) is 12.1 Å². The largest absolute Gasteiger partial charge is 0.483 e. The number of hydrogen-bond donors (Lipinski definition) is 1. The fraction of sp³-hybridized carbons (Fsp3) is 0.385. The van der Waals surface area contributed by atoms with E-state index in [2.05, 4.69) is 5.32 Å². The van der Waals surface area contributed by atoms with Crippen LogP contribution in [0.2, 0.25) is 5.02 Å². The molecule has 5 nitrogen and oxygen atoms in total. The minimum absolute atomic E-state index is 0.113. The molecule has 0 spiro atoms. The third-order valence-electron chi connectivity index (χ3n) is 3.07. The molecule has 0 aromatic heterocycles. The van der Waals surface area contributed by atoms with Gasteiger partial charge in [0, 0.05) is 16.6 Å². The van der Waals surface area contributed by atoms with Gasteiger partial charge in [-0.3, -0.25) is 4.79 Å². The van der Waals surface area contributed by atoms with Crippen molar-refractivity contribution in [1.82, 2.24) is 5.32 Å². The standard InChI is InChI=1S/C13H12ClNO4/c14-9-3-4-10(12-8(9)5-19-13(12)17)18-6-11(16)15-7-1-2-7/h3-4,7H,1-2,5-6H2,(H,15,16). The summed E-state index contributed by atoms with van der Waals surface area (Å²) < 4.78 is 10.3. The number of benzene rings is 1. The maximum absolute atomic E-state index is 11.6. The molecule has 1 amide bonds. The van der Waals surface area contributed by atoms with Crippen LogP contribution in [-0.2, 0) is 16.1 Å². The summed E-state index contributed by atoms with van der Waals surface area (Å²) in [7, 11) is 0. The van der Waals surface area contributed by atoms with E-state index in [9.17, 15) is 9.59 Å². The number of nitrogens with one attached hydrogen (secondary N) is 1. The smallest absolute Gasteiger partial charge is 0.342 e. The minimum Gasteiger partial charge on any atom is -0.483 e. The van der Waals surface area contributed by atoms with Gasteiger partial charge in [0.1, 0.15) is 17.9 Å². The Morgan fingerprint density at radius 2 is 2.26 bits per heavy atom. The molecule has 1 heterocycles. The van der Waals surface area contributed by atoms with Crippen LogP contribution in [0.1, 0.15) is 28.8 Å². The second-order valence-electron chi connectivity index (χ2n) is 4.61. The number of halogens is 1. The van der Waals surface area contributed by atoms with Crippen LogP contribution >= 0.6 is 11.6 Å². The number of esters is 1. The molecule has 0 unspecified atom stereocenters. The Hall–Kier alpha value is -1.75. The molecule has 6 heteroatoms. The predicted octanol–water partition coefficient (Wildman–Crippen LogP) is 1.67. The van der Waals surface area contributed by atoms with E-state index in [0.29, 0.717) is 21.9 Å². The molecule has 0 bridgehead atoms. The summed E-state index contributed by atoms with van der Waals surface area (Å²) in [5, 5.41) is 3.28. The second kappa shape index (κ2) is 4.74. The molecule has 19 heavy (non-hydrogen) atoms. The van der Waals surface area contributed by atoms with Crippen molar-refractivity contribution in [3.63, 3.8) is 0 Å². The molecule has 0 radical (unpaired) electrons. The summed E-state index contributed by atoms with van der Waals surface area (Å²) in [6, 6.07) is 3.51. The van der Waals surface area contributed by atoms with Crippen LogP contribution in [0.5, 0.6) is 5.75 Å². The molecule has 1 aliphatic carbocycles. The summed E-state index contributed by atoms with van der Waals surface area (Å²) >= 11 is 5.98. The lowest BCUT2D eigenvalue weighted by Gasteiger charge is -2.09. The van der Waals surface area contributed by atoms with Crippen LogP contribution in [0, 0.1) is 0 Å². The highest BCUT2D eigenvalue weighted by atomic mass is 35.5. The number of cyclic esters (lactones) is 1. The topological polar surface area (TPSA) is 64.6 Å². The van der Waals surface area contributed by atoms with Crippen molar-refractivity contribution >= 4 is 23.5 Å². The zero-order valence-corrected chi connectivity index (χ0v) is 10.8. The molecular formula is C13H12ClNO4. The van der Waals surface area contributed by atoms with E-state index >= 15 is 0 Å². The molecular weight excluding hydrogens is 270 g/mol. The monoisotopic (exact) mass is 281 g/mol. The van der Waals surface area contributed by atoms with Gasteiger partial charge in [-0.25, -0.2) is 4.79 Å². The number of rotatable bonds is 4. The fourth-order valence-corrected chi connectivity index (χ4v) is 2.15.